The van der Waals surface area contributed by atoms with E-state index in [2.05, 4.69) is 0 Å². The van der Waals surface area contributed by atoms with Gasteiger partial charge in [0.05, 0.1) is 26.9 Å². The van der Waals surface area contributed by atoms with Crippen LogP contribution in [0.1, 0.15) is 6.42 Å². The highest BCUT2D eigenvalue weighted by molar-refractivity contribution is 5.79. The van der Waals surface area contributed by atoms with E-state index in [0.29, 0.717) is 30.3 Å². The Morgan fingerprint density at radius 2 is 1.67 bits per heavy atom. The van der Waals surface area contributed by atoms with Gasteiger partial charge >= 0.3 is 0 Å². The minimum atomic E-state index is -0.697. The van der Waals surface area contributed by atoms with Gasteiger partial charge in [0.2, 0.25) is 5.91 Å². The van der Waals surface area contributed by atoms with Crippen LogP contribution in [0.4, 0.5) is 0 Å². The van der Waals surface area contributed by atoms with Crippen molar-refractivity contribution in [2.75, 3.05) is 20.8 Å². The molecule has 0 aromatic heterocycles. The molecule has 1 unspecified atom stereocenters. The van der Waals surface area contributed by atoms with E-state index in [4.69, 9.17) is 25.7 Å². The molecule has 1 aromatic rings. The number of ether oxygens (including phenoxy) is 3. The van der Waals surface area contributed by atoms with Crippen LogP contribution in [0.5, 0.6) is 17.2 Å². The Hall–Kier alpha value is -1.95. The Labute approximate surface area is 106 Å². The van der Waals surface area contributed by atoms with Gasteiger partial charge < -0.3 is 25.7 Å². The van der Waals surface area contributed by atoms with Crippen LogP contribution in [0, 0.1) is 0 Å². The molecule has 1 aromatic carbocycles. The highest BCUT2D eigenvalue weighted by Crippen LogP contribution is 2.27. The molecule has 0 fully saturated rings. The number of nitrogens with two attached hydrogens (primary N) is 2. The zero-order valence-electron chi connectivity index (χ0n) is 10.5. The van der Waals surface area contributed by atoms with Gasteiger partial charge in [-0.25, -0.2) is 0 Å². The molecular weight excluding hydrogens is 236 g/mol. The Bertz CT molecular complexity index is 387. The molecule has 0 spiro atoms. The van der Waals surface area contributed by atoms with Gasteiger partial charge in [0, 0.05) is 24.6 Å². The van der Waals surface area contributed by atoms with Crippen LogP contribution in [0.25, 0.3) is 0 Å². The normalized spacial score (nSPS) is 11.7. The van der Waals surface area contributed by atoms with Crippen molar-refractivity contribution in [3.8, 4) is 17.2 Å². The van der Waals surface area contributed by atoms with Crippen molar-refractivity contribution in [2.45, 2.75) is 12.5 Å². The largest absolute Gasteiger partial charge is 0.496 e. The van der Waals surface area contributed by atoms with Gasteiger partial charge in [-0.15, -0.1) is 0 Å². The summed E-state index contributed by atoms with van der Waals surface area (Å²) in [5, 5.41) is 0. The van der Waals surface area contributed by atoms with Crippen LogP contribution in [0.2, 0.25) is 0 Å². The molecule has 0 saturated heterocycles. The maximum Gasteiger partial charge on any atom is 0.234 e. The number of benzene rings is 1. The molecule has 0 aliphatic heterocycles. The first kappa shape index (κ1) is 14.1. The van der Waals surface area contributed by atoms with Gasteiger partial charge in [-0.3, -0.25) is 4.79 Å². The van der Waals surface area contributed by atoms with Crippen molar-refractivity contribution in [1.29, 1.82) is 0 Å². The van der Waals surface area contributed by atoms with Crippen molar-refractivity contribution >= 4 is 5.91 Å². The van der Waals surface area contributed by atoms with Gasteiger partial charge in [-0.2, -0.15) is 0 Å². The van der Waals surface area contributed by atoms with E-state index < -0.39 is 11.9 Å². The molecule has 0 aliphatic carbocycles. The lowest BCUT2D eigenvalue weighted by molar-refractivity contribution is -0.119. The first-order valence-corrected chi connectivity index (χ1v) is 5.47. The van der Waals surface area contributed by atoms with Crippen molar-refractivity contribution in [2.24, 2.45) is 11.5 Å². The fourth-order valence-corrected chi connectivity index (χ4v) is 1.31. The molecule has 0 heterocycles. The van der Waals surface area contributed by atoms with Crippen LogP contribution in [-0.4, -0.2) is 32.8 Å². The molecule has 6 nitrogen and oxygen atoms in total. The van der Waals surface area contributed by atoms with Crippen molar-refractivity contribution in [3.63, 3.8) is 0 Å². The first-order valence-electron chi connectivity index (χ1n) is 5.47. The highest BCUT2D eigenvalue weighted by atomic mass is 16.5. The minimum absolute atomic E-state index is 0.292. The van der Waals surface area contributed by atoms with E-state index in [-0.39, 0.29) is 0 Å². The van der Waals surface area contributed by atoms with E-state index in [0.717, 1.165) is 0 Å². The topological polar surface area (TPSA) is 96.8 Å². The fraction of sp³-hybridized carbons (Fsp3) is 0.417. The number of carbonyl (C=O) groups is 1. The number of methoxy groups -OCH3 is 2. The third kappa shape index (κ3) is 4.14. The monoisotopic (exact) mass is 254 g/mol. The molecule has 0 saturated carbocycles. The molecule has 0 radical (unpaired) electrons. The van der Waals surface area contributed by atoms with Crippen LogP contribution >= 0.6 is 0 Å². The van der Waals surface area contributed by atoms with Gasteiger partial charge in [0.1, 0.15) is 17.2 Å². The molecule has 1 atom stereocenters. The van der Waals surface area contributed by atoms with Crippen molar-refractivity contribution in [3.05, 3.63) is 18.2 Å². The summed E-state index contributed by atoms with van der Waals surface area (Å²) in [5.74, 6) is 1.30. The highest BCUT2D eigenvalue weighted by Gasteiger charge is 2.09. The average Bonchev–Trinajstić information content (AvgIpc) is 2.37. The number of primary amides is 1. The Morgan fingerprint density at radius 1 is 1.17 bits per heavy atom. The molecule has 6 heteroatoms. The third-order valence-electron chi connectivity index (χ3n) is 2.39. The lowest BCUT2D eigenvalue weighted by Gasteiger charge is -2.11. The summed E-state index contributed by atoms with van der Waals surface area (Å²) in [4.78, 5) is 10.7. The molecule has 4 N–H and O–H groups in total. The van der Waals surface area contributed by atoms with Gasteiger partial charge in [0.25, 0.3) is 0 Å². The second kappa shape index (κ2) is 6.70. The molecule has 18 heavy (non-hydrogen) atoms. The lowest BCUT2D eigenvalue weighted by atomic mass is 10.2. The lowest BCUT2D eigenvalue weighted by Crippen LogP contribution is -2.37. The maximum absolute atomic E-state index is 10.7. The molecule has 100 valence electrons. The molecule has 0 aliphatic rings. The van der Waals surface area contributed by atoms with E-state index in [1.165, 1.54) is 0 Å². The number of carbonyl (C=O) groups excluding carboxylic acids is 1. The Morgan fingerprint density at radius 3 is 2.11 bits per heavy atom. The summed E-state index contributed by atoms with van der Waals surface area (Å²) in [6, 6.07) is 4.48. The summed E-state index contributed by atoms with van der Waals surface area (Å²) in [5.41, 5.74) is 10.5. The molecule has 1 rings (SSSR count). The molecule has 1 amide bonds. The van der Waals surface area contributed by atoms with Gasteiger partial charge in [0.15, 0.2) is 0 Å². The Balaban J connectivity index is 2.58. The number of hydrogen-bond donors (Lipinski definition) is 2. The SMILES string of the molecule is COc1cc(OC)cc(OCCC(N)C(N)=O)c1. The van der Waals surface area contributed by atoms with Crippen molar-refractivity contribution in [1.82, 2.24) is 0 Å². The van der Waals surface area contributed by atoms with Crippen LogP contribution in [0.3, 0.4) is 0 Å². The number of hydrogen-bond acceptors (Lipinski definition) is 5. The van der Waals surface area contributed by atoms with Crippen LogP contribution < -0.4 is 25.7 Å². The number of amides is 1. The van der Waals surface area contributed by atoms with Crippen molar-refractivity contribution < 1.29 is 19.0 Å². The van der Waals surface area contributed by atoms with E-state index in [1.807, 2.05) is 0 Å². The van der Waals surface area contributed by atoms with Gasteiger partial charge in [-0.05, 0) is 0 Å². The second-order valence-electron chi connectivity index (χ2n) is 3.69. The summed E-state index contributed by atoms with van der Waals surface area (Å²) >= 11 is 0. The second-order valence-corrected chi connectivity index (χ2v) is 3.69. The summed E-state index contributed by atoms with van der Waals surface area (Å²) in [6.07, 6.45) is 0.356. The smallest absolute Gasteiger partial charge is 0.234 e. The number of rotatable bonds is 7. The average molecular weight is 254 g/mol. The Kier molecular flexibility index (Phi) is 5.26. The van der Waals surface area contributed by atoms with Crippen LogP contribution in [0.15, 0.2) is 18.2 Å². The maximum atomic E-state index is 10.7. The summed E-state index contributed by atoms with van der Waals surface area (Å²) in [6.45, 7) is 0.292. The fourth-order valence-electron chi connectivity index (χ4n) is 1.31. The molecule has 0 bridgehead atoms. The van der Waals surface area contributed by atoms with E-state index in [1.54, 1.807) is 32.4 Å². The molecular formula is C12H18N2O4. The predicted octanol–water partition coefficient (Wildman–Crippen LogP) is 0.285. The predicted molar refractivity (Wildman–Crippen MR) is 66.8 cm³/mol. The van der Waals surface area contributed by atoms with Crippen LogP contribution in [-0.2, 0) is 4.79 Å². The quantitative estimate of drug-likeness (QED) is 0.728. The van der Waals surface area contributed by atoms with E-state index >= 15 is 0 Å². The third-order valence-corrected chi connectivity index (χ3v) is 2.39. The van der Waals surface area contributed by atoms with E-state index in [9.17, 15) is 4.79 Å². The summed E-state index contributed by atoms with van der Waals surface area (Å²) in [7, 11) is 3.11. The van der Waals surface area contributed by atoms with Gasteiger partial charge in [-0.1, -0.05) is 0 Å². The minimum Gasteiger partial charge on any atom is -0.496 e. The summed E-state index contributed by atoms with van der Waals surface area (Å²) < 4.78 is 15.7. The first-order chi connectivity index (χ1) is 8.56. The zero-order valence-corrected chi connectivity index (χ0v) is 10.5. The standard InChI is InChI=1S/C12H18N2O4/c1-16-8-5-9(17-2)7-10(6-8)18-4-3-11(13)12(14)15/h5-7,11H,3-4,13H2,1-2H3,(H2,14,15). The zero-order chi connectivity index (χ0) is 13.5.